The van der Waals surface area contributed by atoms with Gasteiger partial charge in [0.1, 0.15) is 6.54 Å². The van der Waals surface area contributed by atoms with Crippen LogP contribution in [0.5, 0.6) is 0 Å². The lowest BCUT2D eigenvalue weighted by Crippen LogP contribution is -2.38. The number of benzene rings is 2. The van der Waals surface area contributed by atoms with Gasteiger partial charge < -0.3 is 9.13 Å². The smallest absolute Gasteiger partial charge is 0.205 e. The zero-order valence-electron chi connectivity index (χ0n) is 19.3. The van der Waals surface area contributed by atoms with Crippen molar-refractivity contribution < 1.29 is 4.57 Å². The van der Waals surface area contributed by atoms with Crippen molar-refractivity contribution >= 4 is 24.3 Å². The summed E-state index contributed by atoms with van der Waals surface area (Å²) in [6, 6.07) is 31.8. The van der Waals surface area contributed by atoms with Crippen molar-refractivity contribution in [1.82, 2.24) is 9.13 Å². The average Bonchev–Trinajstić information content (AvgIpc) is 3.62. The molecule has 0 bridgehead atoms. The van der Waals surface area contributed by atoms with Gasteiger partial charge in [0.2, 0.25) is 11.4 Å². The fourth-order valence-corrected chi connectivity index (χ4v) is 4.12. The van der Waals surface area contributed by atoms with Gasteiger partial charge in [-0.25, -0.2) is 0 Å². The molecule has 0 radical (unpaired) electrons. The van der Waals surface area contributed by atoms with Crippen molar-refractivity contribution in [2.24, 2.45) is 0 Å². The predicted molar refractivity (Wildman–Crippen MR) is 142 cm³/mol. The minimum atomic E-state index is 0.902. The van der Waals surface area contributed by atoms with E-state index in [1.54, 1.807) is 0 Å². The van der Waals surface area contributed by atoms with Crippen molar-refractivity contribution in [3.63, 3.8) is 0 Å². The Morgan fingerprint density at radius 3 is 1.32 bits per heavy atom. The molecule has 0 spiro atoms. The molecule has 166 valence electrons. The Morgan fingerprint density at radius 1 is 0.529 bits per heavy atom. The molecule has 0 fully saturated rings. The molecule has 3 heteroatoms. The van der Waals surface area contributed by atoms with E-state index >= 15 is 0 Å². The van der Waals surface area contributed by atoms with Crippen molar-refractivity contribution in [3.8, 4) is 11.4 Å². The minimum absolute atomic E-state index is 0.902. The molecule has 0 amide bonds. The molecule has 3 nitrogen and oxygen atoms in total. The maximum atomic E-state index is 2.33. The third-order valence-corrected chi connectivity index (χ3v) is 5.96. The number of hydrogen-bond acceptors (Lipinski definition) is 0. The van der Waals surface area contributed by atoms with Gasteiger partial charge in [-0.2, -0.15) is 4.57 Å². The van der Waals surface area contributed by atoms with Gasteiger partial charge in [0.25, 0.3) is 0 Å². The van der Waals surface area contributed by atoms with Crippen molar-refractivity contribution in [2.45, 2.75) is 13.5 Å². The van der Waals surface area contributed by atoms with Gasteiger partial charge >= 0.3 is 0 Å². The zero-order valence-corrected chi connectivity index (χ0v) is 19.3. The molecular formula is C31H28N3+. The molecule has 3 aromatic heterocycles. The number of nitrogens with zero attached hydrogens (tertiary/aromatic N) is 3. The van der Waals surface area contributed by atoms with E-state index < -0.39 is 0 Å². The monoisotopic (exact) mass is 442 g/mol. The van der Waals surface area contributed by atoms with E-state index in [-0.39, 0.29) is 0 Å². The highest BCUT2D eigenvalue weighted by Crippen LogP contribution is 2.14. The maximum absolute atomic E-state index is 2.33. The van der Waals surface area contributed by atoms with E-state index in [2.05, 4.69) is 136 Å². The standard InChI is InChI=1S/C31H28N3/c1-2-34-30(20-14-26-10-16-28(17-11-26)32-22-3-4-23-32)8-7-9-31(34)21-15-27-12-18-29(19-13-27)33-24-5-6-25-33/h3-25H,2H2,1H3/q+1. The summed E-state index contributed by atoms with van der Waals surface area (Å²) in [5.74, 6) is 0. The molecular weight excluding hydrogens is 414 g/mol. The van der Waals surface area contributed by atoms with Crippen LogP contribution in [0.2, 0.25) is 0 Å². The molecule has 0 unspecified atom stereocenters. The number of pyridine rings is 1. The summed E-state index contributed by atoms with van der Waals surface area (Å²) in [6.07, 6.45) is 17.0. The highest BCUT2D eigenvalue weighted by molar-refractivity contribution is 5.69. The Labute approximate surface area is 201 Å². The van der Waals surface area contributed by atoms with Gasteiger partial charge in [0, 0.05) is 60.4 Å². The Hall–Kier alpha value is -4.37. The highest BCUT2D eigenvalue weighted by atomic mass is 15.0. The van der Waals surface area contributed by atoms with Crippen molar-refractivity contribution in [2.75, 3.05) is 0 Å². The highest BCUT2D eigenvalue weighted by Gasteiger charge is 2.10. The minimum Gasteiger partial charge on any atom is -0.324 e. The van der Waals surface area contributed by atoms with Crippen molar-refractivity contribution in [1.29, 1.82) is 0 Å². The first kappa shape index (κ1) is 21.5. The van der Waals surface area contributed by atoms with Crippen LogP contribution >= 0.6 is 0 Å². The van der Waals surface area contributed by atoms with Gasteiger partial charge in [0.15, 0.2) is 0 Å². The molecule has 0 atom stereocenters. The van der Waals surface area contributed by atoms with E-state index in [1.165, 1.54) is 33.9 Å². The first-order chi connectivity index (χ1) is 16.8. The molecule has 0 aliphatic heterocycles. The largest absolute Gasteiger partial charge is 0.324 e. The summed E-state index contributed by atoms with van der Waals surface area (Å²) in [5.41, 5.74) is 7.06. The van der Waals surface area contributed by atoms with E-state index in [0.717, 1.165) is 6.54 Å². The summed E-state index contributed by atoms with van der Waals surface area (Å²) in [4.78, 5) is 0. The first-order valence-corrected chi connectivity index (χ1v) is 11.7. The topological polar surface area (TPSA) is 13.7 Å². The first-order valence-electron chi connectivity index (χ1n) is 11.7. The fraction of sp³-hybridized carbons (Fsp3) is 0.0645. The molecule has 34 heavy (non-hydrogen) atoms. The third kappa shape index (κ3) is 4.84. The molecule has 0 N–H and O–H groups in total. The molecule has 0 saturated heterocycles. The van der Waals surface area contributed by atoms with Crippen LogP contribution < -0.4 is 4.57 Å². The second kappa shape index (κ2) is 10.1. The van der Waals surface area contributed by atoms with Gasteiger partial charge in [-0.1, -0.05) is 24.3 Å². The maximum Gasteiger partial charge on any atom is 0.205 e. The summed E-state index contributed by atoms with van der Waals surface area (Å²) in [5, 5.41) is 0. The SMILES string of the molecule is CC[n+]1c(/C=C/c2ccc(-n3cccc3)cc2)cccc1/C=C/c1ccc(-n2cccc2)cc1. The molecule has 5 aromatic rings. The molecule has 0 aliphatic carbocycles. The van der Waals surface area contributed by atoms with Crippen LogP contribution in [0.1, 0.15) is 29.4 Å². The van der Waals surface area contributed by atoms with Crippen LogP contribution in [0, 0.1) is 0 Å². The number of aromatic nitrogens is 3. The van der Waals surface area contributed by atoms with E-state index in [0.29, 0.717) is 0 Å². The van der Waals surface area contributed by atoms with Gasteiger partial charge in [-0.15, -0.1) is 0 Å². The molecule has 0 saturated carbocycles. The molecule has 2 aromatic carbocycles. The van der Waals surface area contributed by atoms with Gasteiger partial charge in [-0.3, -0.25) is 0 Å². The summed E-state index contributed by atoms with van der Waals surface area (Å²) in [6.45, 7) is 3.09. The Bertz CT molecular complexity index is 1280. The van der Waals surface area contributed by atoms with E-state index in [1.807, 2.05) is 24.3 Å². The van der Waals surface area contributed by atoms with Crippen LogP contribution in [-0.2, 0) is 6.54 Å². The Kier molecular flexibility index (Phi) is 6.35. The number of hydrogen-bond donors (Lipinski definition) is 0. The molecule has 0 aliphatic rings. The second-order valence-corrected chi connectivity index (χ2v) is 8.15. The number of rotatable bonds is 7. The summed E-state index contributed by atoms with van der Waals surface area (Å²) < 4.78 is 6.56. The molecule has 5 rings (SSSR count). The van der Waals surface area contributed by atoms with E-state index in [4.69, 9.17) is 0 Å². The summed E-state index contributed by atoms with van der Waals surface area (Å²) >= 11 is 0. The van der Waals surface area contributed by atoms with Crippen LogP contribution in [0.4, 0.5) is 0 Å². The summed E-state index contributed by atoms with van der Waals surface area (Å²) in [7, 11) is 0. The average molecular weight is 443 g/mol. The van der Waals surface area contributed by atoms with E-state index in [9.17, 15) is 0 Å². The second-order valence-electron chi connectivity index (χ2n) is 8.15. The predicted octanol–water partition coefficient (Wildman–Crippen LogP) is 6.92. The lowest BCUT2D eigenvalue weighted by molar-refractivity contribution is -0.696. The molecule has 3 heterocycles. The lowest BCUT2D eigenvalue weighted by Gasteiger charge is -2.04. The van der Waals surface area contributed by atoms with Crippen molar-refractivity contribution in [3.05, 3.63) is 138 Å². The lowest BCUT2D eigenvalue weighted by atomic mass is 10.1. The quantitative estimate of drug-likeness (QED) is 0.243. The fourth-order valence-electron chi connectivity index (χ4n) is 4.12. The Balaban J connectivity index is 1.33. The van der Waals surface area contributed by atoms with Crippen LogP contribution in [0.25, 0.3) is 35.7 Å². The van der Waals surface area contributed by atoms with Crippen LogP contribution in [0.3, 0.4) is 0 Å². The van der Waals surface area contributed by atoms with Gasteiger partial charge in [0.05, 0.1) is 0 Å². The third-order valence-electron chi connectivity index (χ3n) is 5.96. The zero-order chi connectivity index (χ0) is 23.2. The van der Waals surface area contributed by atoms with Crippen LogP contribution in [-0.4, -0.2) is 9.13 Å². The Morgan fingerprint density at radius 2 is 0.941 bits per heavy atom. The normalized spacial score (nSPS) is 11.6. The van der Waals surface area contributed by atoms with Gasteiger partial charge in [-0.05, 0) is 84.8 Å². The van der Waals surface area contributed by atoms with Crippen LogP contribution in [0.15, 0.2) is 116 Å².